The van der Waals surface area contributed by atoms with Gasteiger partial charge in [-0.15, -0.1) is 0 Å². The first kappa shape index (κ1) is 19.9. The molecular formula is C20H32N4O3. The second-order valence-corrected chi connectivity index (χ2v) is 7.81. The minimum atomic E-state index is 0.115. The van der Waals surface area contributed by atoms with Crippen molar-refractivity contribution in [2.24, 2.45) is 0 Å². The van der Waals surface area contributed by atoms with Gasteiger partial charge < -0.3 is 14.5 Å². The van der Waals surface area contributed by atoms with Crippen LogP contribution in [0.25, 0.3) is 0 Å². The number of hydrogen-bond donors (Lipinski definition) is 0. The van der Waals surface area contributed by atoms with Gasteiger partial charge in [0.05, 0.1) is 5.69 Å². The van der Waals surface area contributed by atoms with E-state index in [9.17, 15) is 9.59 Å². The molecule has 0 bridgehead atoms. The minimum Gasteiger partial charge on any atom is -0.381 e. The molecule has 1 atom stereocenters. The summed E-state index contributed by atoms with van der Waals surface area (Å²) < 4.78 is 7.35. The van der Waals surface area contributed by atoms with Gasteiger partial charge >= 0.3 is 0 Å². The van der Waals surface area contributed by atoms with Gasteiger partial charge in [0.1, 0.15) is 0 Å². The third kappa shape index (κ3) is 4.89. The topological polar surface area (TPSA) is 67.7 Å². The Labute approximate surface area is 161 Å². The first-order valence-electron chi connectivity index (χ1n) is 10.1. The second kappa shape index (κ2) is 8.87. The number of ether oxygens (including phenoxy) is 1. The number of nitrogens with zero attached hydrogens (tertiary/aromatic N) is 4. The molecule has 3 heterocycles. The molecule has 1 aromatic heterocycles. The summed E-state index contributed by atoms with van der Waals surface area (Å²) in [5, 5.41) is 4.44. The van der Waals surface area contributed by atoms with E-state index in [1.54, 1.807) is 6.92 Å². The first-order chi connectivity index (χ1) is 13.0. The number of piperidine rings is 1. The van der Waals surface area contributed by atoms with Crippen LogP contribution in [-0.2, 0) is 20.9 Å². The van der Waals surface area contributed by atoms with Gasteiger partial charge in [0.2, 0.25) is 11.8 Å². The van der Waals surface area contributed by atoms with Crippen molar-refractivity contribution >= 4 is 11.8 Å². The molecule has 1 aromatic rings. The van der Waals surface area contributed by atoms with Crippen LogP contribution >= 0.6 is 0 Å². The Balaban J connectivity index is 1.59. The van der Waals surface area contributed by atoms with Crippen LogP contribution < -0.4 is 0 Å². The number of rotatable bonds is 5. The maximum atomic E-state index is 12.8. The molecule has 2 aliphatic heterocycles. The van der Waals surface area contributed by atoms with Gasteiger partial charge in [0.25, 0.3) is 0 Å². The summed E-state index contributed by atoms with van der Waals surface area (Å²) in [6.07, 6.45) is 4.15. The molecule has 3 rings (SSSR count). The van der Waals surface area contributed by atoms with Crippen LogP contribution in [0.4, 0.5) is 0 Å². The van der Waals surface area contributed by atoms with Crippen molar-refractivity contribution < 1.29 is 14.3 Å². The zero-order chi connectivity index (χ0) is 19.4. The number of amides is 2. The molecule has 27 heavy (non-hydrogen) atoms. The predicted octanol–water partition coefficient (Wildman–Crippen LogP) is 1.91. The van der Waals surface area contributed by atoms with E-state index in [1.165, 1.54) is 0 Å². The standard InChI is InChI=1S/C20H32N4O3/c1-15-13-16(2)23(21-15)10-6-20(26)22-9-4-5-19(14-22)24(17(3)25)18-7-11-27-12-8-18/h13,18-19H,4-12,14H2,1-3H3. The van der Waals surface area contributed by atoms with E-state index < -0.39 is 0 Å². The molecule has 0 aliphatic carbocycles. The SMILES string of the molecule is CC(=O)N(C1CCOCC1)C1CCCN(C(=O)CCn2nc(C)cc2C)C1. The van der Waals surface area contributed by atoms with Gasteiger partial charge in [-0.1, -0.05) is 0 Å². The molecule has 150 valence electrons. The second-order valence-electron chi connectivity index (χ2n) is 7.81. The van der Waals surface area contributed by atoms with Gasteiger partial charge in [-0.25, -0.2) is 0 Å². The zero-order valence-electron chi connectivity index (χ0n) is 16.8. The lowest BCUT2D eigenvalue weighted by Crippen LogP contribution is -2.55. The average molecular weight is 377 g/mol. The fraction of sp³-hybridized carbons (Fsp3) is 0.750. The molecule has 0 N–H and O–H groups in total. The monoisotopic (exact) mass is 376 g/mol. The highest BCUT2D eigenvalue weighted by molar-refractivity contribution is 5.77. The van der Waals surface area contributed by atoms with Crippen molar-refractivity contribution in [2.45, 2.75) is 71.5 Å². The molecule has 7 heteroatoms. The third-order valence-corrected chi connectivity index (χ3v) is 5.73. The predicted molar refractivity (Wildman–Crippen MR) is 102 cm³/mol. The number of aromatic nitrogens is 2. The van der Waals surface area contributed by atoms with Crippen LogP contribution in [0.1, 0.15) is 50.4 Å². The summed E-state index contributed by atoms with van der Waals surface area (Å²) in [6, 6.07) is 2.39. The van der Waals surface area contributed by atoms with Crippen molar-refractivity contribution in [3.63, 3.8) is 0 Å². The highest BCUT2D eigenvalue weighted by Gasteiger charge is 2.34. The van der Waals surface area contributed by atoms with Crippen molar-refractivity contribution in [1.82, 2.24) is 19.6 Å². The van der Waals surface area contributed by atoms with E-state index in [0.29, 0.717) is 32.7 Å². The smallest absolute Gasteiger partial charge is 0.224 e. The number of carbonyl (C=O) groups excluding carboxylic acids is 2. The van der Waals surface area contributed by atoms with Crippen molar-refractivity contribution in [2.75, 3.05) is 26.3 Å². The Morgan fingerprint density at radius 1 is 1.22 bits per heavy atom. The normalized spacial score (nSPS) is 21.3. The van der Waals surface area contributed by atoms with Gasteiger partial charge in [-0.2, -0.15) is 5.10 Å². The lowest BCUT2D eigenvalue weighted by atomic mass is 9.98. The van der Waals surface area contributed by atoms with Gasteiger partial charge in [-0.3, -0.25) is 14.3 Å². The van der Waals surface area contributed by atoms with E-state index >= 15 is 0 Å². The summed E-state index contributed by atoms with van der Waals surface area (Å²) in [7, 11) is 0. The molecule has 0 saturated carbocycles. The molecule has 7 nitrogen and oxygen atoms in total. The first-order valence-corrected chi connectivity index (χ1v) is 10.1. The van der Waals surface area contributed by atoms with E-state index in [2.05, 4.69) is 5.10 Å². The maximum absolute atomic E-state index is 12.8. The summed E-state index contributed by atoms with van der Waals surface area (Å²) in [6.45, 7) is 9.10. The van der Waals surface area contributed by atoms with Crippen LogP contribution in [0.3, 0.4) is 0 Å². The molecule has 2 fully saturated rings. The Bertz CT molecular complexity index is 666. The summed E-state index contributed by atoms with van der Waals surface area (Å²) in [5.41, 5.74) is 2.06. The Morgan fingerprint density at radius 3 is 2.59 bits per heavy atom. The molecule has 0 spiro atoms. The summed E-state index contributed by atoms with van der Waals surface area (Å²) in [4.78, 5) is 29.1. The Kier molecular flexibility index (Phi) is 6.52. The number of likely N-dealkylation sites (tertiary alicyclic amines) is 1. The van der Waals surface area contributed by atoms with Crippen molar-refractivity contribution in [3.8, 4) is 0 Å². The lowest BCUT2D eigenvalue weighted by Gasteiger charge is -2.44. The highest BCUT2D eigenvalue weighted by Crippen LogP contribution is 2.24. The number of hydrogen-bond acceptors (Lipinski definition) is 4. The number of aryl methyl sites for hydroxylation is 3. The molecule has 2 amide bonds. The van der Waals surface area contributed by atoms with Gasteiger partial charge in [-0.05, 0) is 45.6 Å². The fourth-order valence-electron chi connectivity index (χ4n) is 4.44. The quantitative estimate of drug-likeness (QED) is 0.787. The highest BCUT2D eigenvalue weighted by atomic mass is 16.5. The molecule has 0 aromatic carbocycles. The maximum Gasteiger partial charge on any atom is 0.224 e. The average Bonchev–Trinajstić information content (AvgIpc) is 2.98. The Morgan fingerprint density at radius 2 is 1.96 bits per heavy atom. The summed E-state index contributed by atoms with van der Waals surface area (Å²) in [5.74, 6) is 0.270. The van der Waals surface area contributed by atoms with Crippen LogP contribution in [-0.4, -0.2) is 69.8 Å². The van der Waals surface area contributed by atoms with Crippen molar-refractivity contribution in [3.05, 3.63) is 17.5 Å². The fourth-order valence-corrected chi connectivity index (χ4v) is 4.44. The molecule has 2 aliphatic rings. The molecule has 2 saturated heterocycles. The van der Waals surface area contributed by atoms with Crippen LogP contribution in [0, 0.1) is 13.8 Å². The van der Waals surface area contributed by atoms with Gasteiger partial charge in [0, 0.05) is 64.0 Å². The van der Waals surface area contributed by atoms with E-state index in [4.69, 9.17) is 4.74 Å². The van der Waals surface area contributed by atoms with Gasteiger partial charge in [0.15, 0.2) is 0 Å². The molecule has 0 radical (unpaired) electrons. The number of carbonyl (C=O) groups is 2. The van der Waals surface area contributed by atoms with Crippen molar-refractivity contribution in [1.29, 1.82) is 0 Å². The van der Waals surface area contributed by atoms with Crippen LogP contribution in [0.15, 0.2) is 6.07 Å². The third-order valence-electron chi connectivity index (χ3n) is 5.73. The Hall–Kier alpha value is -1.89. The van der Waals surface area contributed by atoms with E-state index in [-0.39, 0.29) is 23.9 Å². The molecule has 1 unspecified atom stereocenters. The summed E-state index contributed by atoms with van der Waals surface area (Å²) >= 11 is 0. The van der Waals surface area contributed by atoms with E-state index in [1.807, 2.05) is 34.4 Å². The lowest BCUT2D eigenvalue weighted by molar-refractivity contribution is -0.142. The molecular weight excluding hydrogens is 344 g/mol. The minimum absolute atomic E-state index is 0.115. The van der Waals surface area contributed by atoms with Crippen LogP contribution in [0.2, 0.25) is 0 Å². The van der Waals surface area contributed by atoms with E-state index in [0.717, 1.165) is 43.6 Å². The largest absolute Gasteiger partial charge is 0.381 e. The van der Waals surface area contributed by atoms with Crippen LogP contribution in [0.5, 0.6) is 0 Å². The zero-order valence-corrected chi connectivity index (χ0v) is 16.8.